The maximum absolute atomic E-state index is 12.6. The predicted molar refractivity (Wildman–Crippen MR) is 75.1 cm³/mol. The third kappa shape index (κ3) is 3.06. The summed E-state index contributed by atoms with van der Waals surface area (Å²) in [5.41, 5.74) is 0. The van der Waals surface area contributed by atoms with Gasteiger partial charge in [0.2, 0.25) is 10.0 Å². The average Bonchev–Trinajstić information content (AvgIpc) is 2.27. The SMILES string of the molecule is CC1CC(O)CCN1S(=O)(=O)c1ccc(Cl)cc1Cl. The molecule has 0 aliphatic carbocycles. The van der Waals surface area contributed by atoms with Crippen molar-refractivity contribution in [2.24, 2.45) is 0 Å². The minimum absolute atomic E-state index is 0.0572. The van der Waals surface area contributed by atoms with E-state index >= 15 is 0 Å². The fraction of sp³-hybridized carbons (Fsp3) is 0.500. The quantitative estimate of drug-likeness (QED) is 0.909. The van der Waals surface area contributed by atoms with Gasteiger partial charge in [-0.15, -0.1) is 0 Å². The van der Waals surface area contributed by atoms with E-state index < -0.39 is 16.1 Å². The first-order valence-electron chi connectivity index (χ1n) is 5.97. The minimum atomic E-state index is -3.65. The molecule has 2 atom stereocenters. The van der Waals surface area contributed by atoms with Crippen molar-refractivity contribution in [3.63, 3.8) is 0 Å². The minimum Gasteiger partial charge on any atom is -0.393 e. The van der Waals surface area contributed by atoms with Gasteiger partial charge >= 0.3 is 0 Å². The summed E-state index contributed by atoms with van der Waals surface area (Å²) >= 11 is 11.7. The maximum Gasteiger partial charge on any atom is 0.244 e. The van der Waals surface area contributed by atoms with Crippen LogP contribution in [0.1, 0.15) is 19.8 Å². The summed E-state index contributed by atoms with van der Waals surface area (Å²) in [5.74, 6) is 0. The lowest BCUT2D eigenvalue weighted by Gasteiger charge is -2.34. The standard InChI is InChI=1S/C12H15Cl2NO3S/c1-8-6-10(16)4-5-15(8)19(17,18)12-3-2-9(13)7-11(12)14/h2-3,7-8,10,16H,4-6H2,1H3. The summed E-state index contributed by atoms with van der Waals surface area (Å²) in [4.78, 5) is 0.0572. The molecule has 0 radical (unpaired) electrons. The average molecular weight is 324 g/mol. The lowest BCUT2D eigenvalue weighted by Crippen LogP contribution is -2.46. The number of rotatable bonds is 2. The highest BCUT2D eigenvalue weighted by molar-refractivity contribution is 7.89. The molecule has 106 valence electrons. The first-order chi connectivity index (χ1) is 8.82. The Morgan fingerprint density at radius 3 is 2.63 bits per heavy atom. The third-order valence-electron chi connectivity index (χ3n) is 3.27. The Morgan fingerprint density at radius 1 is 1.37 bits per heavy atom. The van der Waals surface area contributed by atoms with Gasteiger partial charge in [0.25, 0.3) is 0 Å². The van der Waals surface area contributed by atoms with E-state index in [9.17, 15) is 13.5 Å². The van der Waals surface area contributed by atoms with Crippen molar-refractivity contribution >= 4 is 33.2 Å². The van der Waals surface area contributed by atoms with E-state index in [1.165, 1.54) is 22.5 Å². The first kappa shape index (κ1) is 15.1. The zero-order valence-corrected chi connectivity index (χ0v) is 12.7. The van der Waals surface area contributed by atoms with Crippen LogP contribution in [0.5, 0.6) is 0 Å². The maximum atomic E-state index is 12.6. The molecule has 2 rings (SSSR count). The van der Waals surface area contributed by atoms with E-state index in [0.29, 0.717) is 24.4 Å². The largest absolute Gasteiger partial charge is 0.393 e. The number of hydrogen-bond acceptors (Lipinski definition) is 3. The van der Waals surface area contributed by atoms with Gasteiger partial charge < -0.3 is 5.11 Å². The molecule has 1 aromatic carbocycles. The van der Waals surface area contributed by atoms with Gasteiger partial charge in [-0.2, -0.15) is 4.31 Å². The third-order valence-corrected chi connectivity index (χ3v) is 6.00. The number of sulfonamides is 1. The first-order valence-corrected chi connectivity index (χ1v) is 8.17. The van der Waals surface area contributed by atoms with Gasteiger partial charge in [0.15, 0.2) is 0 Å². The molecule has 0 bridgehead atoms. The molecule has 19 heavy (non-hydrogen) atoms. The van der Waals surface area contributed by atoms with E-state index in [1.54, 1.807) is 6.92 Å². The Bertz CT molecular complexity index is 576. The molecule has 1 heterocycles. The zero-order valence-electron chi connectivity index (χ0n) is 10.4. The lowest BCUT2D eigenvalue weighted by molar-refractivity contribution is 0.0867. The molecule has 0 amide bonds. The van der Waals surface area contributed by atoms with Crippen LogP contribution >= 0.6 is 23.2 Å². The fourth-order valence-corrected chi connectivity index (χ4v) is 4.70. The number of hydrogen-bond donors (Lipinski definition) is 1. The summed E-state index contributed by atoms with van der Waals surface area (Å²) < 4.78 is 26.5. The van der Waals surface area contributed by atoms with Crippen molar-refractivity contribution in [3.05, 3.63) is 28.2 Å². The van der Waals surface area contributed by atoms with Crippen LogP contribution in [0.25, 0.3) is 0 Å². The second kappa shape index (κ2) is 5.58. The molecule has 1 aliphatic rings. The van der Waals surface area contributed by atoms with Gasteiger partial charge in [0, 0.05) is 17.6 Å². The van der Waals surface area contributed by atoms with Gasteiger partial charge in [0.1, 0.15) is 4.90 Å². The van der Waals surface area contributed by atoms with E-state index in [0.717, 1.165) is 0 Å². The van der Waals surface area contributed by atoms with Crippen molar-refractivity contribution in [2.45, 2.75) is 36.8 Å². The number of piperidine rings is 1. The molecule has 1 N–H and O–H groups in total. The summed E-state index contributed by atoms with van der Waals surface area (Å²) in [7, 11) is -3.65. The molecule has 0 spiro atoms. The van der Waals surface area contributed by atoms with Crippen LogP contribution in [0, 0.1) is 0 Å². The van der Waals surface area contributed by atoms with E-state index in [4.69, 9.17) is 23.2 Å². The van der Waals surface area contributed by atoms with Gasteiger partial charge in [-0.3, -0.25) is 0 Å². The fourth-order valence-electron chi connectivity index (χ4n) is 2.29. The second-order valence-electron chi connectivity index (χ2n) is 4.72. The normalized spacial score (nSPS) is 25.5. The Balaban J connectivity index is 2.37. The van der Waals surface area contributed by atoms with Crippen LogP contribution in [0.15, 0.2) is 23.1 Å². The lowest BCUT2D eigenvalue weighted by atomic mass is 10.0. The van der Waals surface area contributed by atoms with E-state index in [2.05, 4.69) is 0 Å². The molecule has 2 unspecified atom stereocenters. The van der Waals surface area contributed by atoms with Crippen molar-refractivity contribution in [2.75, 3.05) is 6.54 Å². The second-order valence-corrected chi connectivity index (χ2v) is 7.42. The van der Waals surface area contributed by atoms with Crippen molar-refractivity contribution in [3.8, 4) is 0 Å². The summed E-state index contributed by atoms with van der Waals surface area (Å²) in [6.45, 7) is 2.08. The van der Waals surface area contributed by atoms with Crippen LogP contribution in [-0.2, 0) is 10.0 Å². The molecule has 7 heteroatoms. The molecular formula is C12H15Cl2NO3S. The Hall–Kier alpha value is -0.330. The number of halogens is 2. The zero-order chi connectivity index (χ0) is 14.2. The van der Waals surface area contributed by atoms with Crippen molar-refractivity contribution in [1.29, 1.82) is 0 Å². The Morgan fingerprint density at radius 2 is 2.05 bits per heavy atom. The Kier molecular flexibility index (Phi) is 4.42. The van der Waals surface area contributed by atoms with Crippen LogP contribution in [0.3, 0.4) is 0 Å². The number of benzene rings is 1. The molecule has 1 fully saturated rings. The van der Waals surface area contributed by atoms with Crippen LogP contribution in [0.2, 0.25) is 10.0 Å². The summed E-state index contributed by atoms with van der Waals surface area (Å²) in [6, 6.07) is 4.08. The van der Waals surface area contributed by atoms with Crippen LogP contribution in [-0.4, -0.2) is 36.5 Å². The summed E-state index contributed by atoms with van der Waals surface area (Å²) in [6.07, 6.45) is 0.432. The van der Waals surface area contributed by atoms with Crippen LogP contribution in [0.4, 0.5) is 0 Å². The highest BCUT2D eigenvalue weighted by Crippen LogP contribution is 2.31. The number of nitrogens with zero attached hydrogens (tertiary/aromatic N) is 1. The molecule has 1 saturated heterocycles. The van der Waals surface area contributed by atoms with Gasteiger partial charge in [-0.05, 0) is 38.0 Å². The molecule has 1 aromatic rings. The van der Waals surface area contributed by atoms with Gasteiger partial charge in [-0.1, -0.05) is 23.2 Å². The molecule has 1 aliphatic heterocycles. The van der Waals surface area contributed by atoms with E-state index in [-0.39, 0.29) is 16.0 Å². The topological polar surface area (TPSA) is 57.6 Å². The highest BCUT2D eigenvalue weighted by atomic mass is 35.5. The number of aliphatic hydroxyl groups is 1. The van der Waals surface area contributed by atoms with E-state index in [1.807, 2.05) is 0 Å². The predicted octanol–water partition coefficient (Wildman–Crippen LogP) is 2.53. The van der Waals surface area contributed by atoms with Crippen molar-refractivity contribution < 1.29 is 13.5 Å². The number of aliphatic hydroxyl groups excluding tert-OH is 1. The smallest absolute Gasteiger partial charge is 0.244 e. The van der Waals surface area contributed by atoms with Gasteiger partial charge in [0.05, 0.1) is 11.1 Å². The van der Waals surface area contributed by atoms with Crippen LogP contribution < -0.4 is 0 Å². The molecular weight excluding hydrogens is 309 g/mol. The molecule has 0 aromatic heterocycles. The summed E-state index contributed by atoms with van der Waals surface area (Å²) in [5, 5.41) is 10.1. The molecule has 0 saturated carbocycles. The highest BCUT2D eigenvalue weighted by Gasteiger charge is 2.34. The van der Waals surface area contributed by atoms with Gasteiger partial charge in [-0.25, -0.2) is 8.42 Å². The molecule has 4 nitrogen and oxygen atoms in total. The monoisotopic (exact) mass is 323 g/mol. The van der Waals surface area contributed by atoms with Crippen molar-refractivity contribution in [1.82, 2.24) is 4.31 Å². The Labute approximate surface area is 123 Å².